The van der Waals surface area contributed by atoms with Gasteiger partial charge in [-0.3, -0.25) is 0 Å². The molecule has 0 aliphatic carbocycles. The van der Waals surface area contributed by atoms with E-state index in [-0.39, 0.29) is 9.88 Å². The van der Waals surface area contributed by atoms with Crippen molar-refractivity contribution in [2.24, 2.45) is 5.73 Å². The summed E-state index contributed by atoms with van der Waals surface area (Å²) in [6.07, 6.45) is 0.760. The van der Waals surface area contributed by atoms with E-state index in [0.717, 1.165) is 13.0 Å². The van der Waals surface area contributed by atoms with Crippen LogP contribution < -0.4 is 10.5 Å². The maximum atomic E-state index is 12.2. The van der Waals surface area contributed by atoms with Gasteiger partial charge in [0.1, 0.15) is 4.99 Å². The summed E-state index contributed by atoms with van der Waals surface area (Å²) < 4.78 is 27.0. The van der Waals surface area contributed by atoms with Gasteiger partial charge in [-0.25, -0.2) is 13.1 Å². The van der Waals surface area contributed by atoms with Crippen LogP contribution in [0, 0.1) is 6.92 Å². The highest BCUT2D eigenvalue weighted by Crippen LogP contribution is 2.16. The average molecular weight is 315 g/mol. The van der Waals surface area contributed by atoms with Crippen LogP contribution in [-0.4, -0.2) is 45.5 Å². The molecule has 5 nitrogen and oxygen atoms in total. The summed E-state index contributed by atoms with van der Waals surface area (Å²) in [6, 6.07) is 4.86. The molecule has 20 heavy (non-hydrogen) atoms. The third-order valence-corrected chi connectivity index (χ3v) is 4.68. The molecule has 0 amide bonds. The van der Waals surface area contributed by atoms with Gasteiger partial charge in [0.25, 0.3) is 0 Å². The number of thiocarbonyl (C=S) groups is 1. The van der Waals surface area contributed by atoms with Crippen LogP contribution in [0.15, 0.2) is 23.1 Å². The van der Waals surface area contributed by atoms with Gasteiger partial charge in [0, 0.05) is 12.1 Å². The van der Waals surface area contributed by atoms with Gasteiger partial charge in [-0.15, -0.1) is 0 Å². The predicted molar refractivity (Wildman–Crippen MR) is 85.4 cm³/mol. The number of nitrogens with two attached hydrogens (primary N) is 1. The molecular formula is C13H21N3O2S2. The molecule has 0 aliphatic rings. The monoisotopic (exact) mass is 315 g/mol. The SMILES string of the molecule is Cc1cc(C(N)=S)ccc1S(=O)(=O)NCCCN(C)C. The highest BCUT2D eigenvalue weighted by molar-refractivity contribution is 7.89. The normalized spacial score (nSPS) is 11.8. The first kappa shape index (κ1) is 17.0. The van der Waals surface area contributed by atoms with E-state index in [1.807, 2.05) is 19.0 Å². The van der Waals surface area contributed by atoms with Crippen LogP contribution in [0.5, 0.6) is 0 Å². The molecule has 0 aliphatic heterocycles. The van der Waals surface area contributed by atoms with Crippen molar-refractivity contribution in [3.05, 3.63) is 29.3 Å². The first-order chi connectivity index (χ1) is 9.24. The zero-order chi connectivity index (χ0) is 15.3. The Labute approximate surface area is 126 Å². The van der Waals surface area contributed by atoms with Crippen molar-refractivity contribution in [3.8, 4) is 0 Å². The van der Waals surface area contributed by atoms with E-state index in [2.05, 4.69) is 4.72 Å². The second-order valence-electron chi connectivity index (χ2n) is 4.90. The molecule has 0 spiro atoms. The number of nitrogens with zero attached hydrogens (tertiary/aromatic N) is 1. The molecule has 1 aromatic rings. The van der Waals surface area contributed by atoms with Crippen molar-refractivity contribution in [2.45, 2.75) is 18.2 Å². The van der Waals surface area contributed by atoms with Gasteiger partial charge < -0.3 is 10.6 Å². The van der Waals surface area contributed by atoms with Gasteiger partial charge in [0.2, 0.25) is 10.0 Å². The number of hydrogen-bond donors (Lipinski definition) is 2. The minimum Gasteiger partial charge on any atom is -0.389 e. The number of nitrogens with one attached hydrogen (secondary N) is 1. The molecule has 0 fully saturated rings. The Kier molecular flexibility index (Phi) is 6.07. The Morgan fingerprint density at radius 2 is 2.05 bits per heavy atom. The number of sulfonamides is 1. The third kappa shape index (κ3) is 4.82. The fourth-order valence-corrected chi connectivity index (χ4v) is 3.21. The van der Waals surface area contributed by atoms with E-state index < -0.39 is 10.0 Å². The number of rotatable bonds is 7. The van der Waals surface area contributed by atoms with Crippen molar-refractivity contribution in [3.63, 3.8) is 0 Å². The summed E-state index contributed by atoms with van der Waals surface area (Å²) in [4.78, 5) is 2.54. The van der Waals surface area contributed by atoms with E-state index in [4.69, 9.17) is 18.0 Å². The van der Waals surface area contributed by atoms with Crippen molar-refractivity contribution >= 4 is 27.2 Å². The summed E-state index contributed by atoms with van der Waals surface area (Å²) in [5.41, 5.74) is 6.84. The lowest BCUT2D eigenvalue weighted by Gasteiger charge is -2.12. The molecule has 0 bridgehead atoms. The summed E-state index contributed by atoms with van der Waals surface area (Å²) in [7, 11) is 0.419. The summed E-state index contributed by atoms with van der Waals surface area (Å²) in [5.74, 6) is 0. The Hall–Kier alpha value is -1.02. The highest BCUT2D eigenvalue weighted by Gasteiger charge is 2.16. The van der Waals surface area contributed by atoms with Gasteiger partial charge in [-0.05, 0) is 51.7 Å². The zero-order valence-electron chi connectivity index (χ0n) is 12.0. The minimum absolute atomic E-state index is 0.260. The van der Waals surface area contributed by atoms with Crippen molar-refractivity contribution in [1.29, 1.82) is 0 Å². The number of benzene rings is 1. The Morgan fingerprint density at radius 1 is 1.40 bits per heavy atom. The molecule has 0 atom stereocenters. The second-order valence-corrected chi connectivity index (χ2v) is 7.07. The third-order valence-electron chi connectivity index (χ3n) is 2.82. The highest BCUT2D eigenvalue weighted by atomic mass is 32.2. The molecular weight excluding hydrogens is 294 g/mol. The van der Waals surface area contributed by atoms with Gasteiger partial charge in [-0.1, -0.05) is 18.3 Å². The maximum Gasteiger partial charge on any atom is 0.240 e. The van der Waals surface area contributed by atoms with E-state index >= 15 is 0 Å². The molecule has 0 aromatic heterocycles. The van der Waals surface area contributed by atoms with E-state index in [9.17, 15) is 8.42 Å². The van der Waals surface area contributed by atoms with Crippen LogP contribution in [-0.2, 0) is 10.0 Å². The second kappa shape index (κ2) is 7.12. The molecule has 3 N–H and O–H groups in total. The first-order valence-corrected chi connectivity index (χ1v) is 8.18. The quantitative estimate of drug-likeness (QED) is 0.576. The zero-order valence-corrected chi connectivity index (χ0v) is 13.6. The lowest BCUT2D eigenvalue weighted by molar-refractivity contribution is 0.400. The van der Waals surface area contributed by atoms with E-state index in [1.54, 1.807) is 19.1 Å². The molecule has 0 saturated heterocycles. The van der Waals surface area contributed by atoms with Crippen molar-refractivity contribution < 1.29 is 8.42 Å². The smallest absolute Gasteiger partial charge is 0.240 e. The Balaban J connectivity index is 2.80. The Bertz CT molecular complexity index is 583. The molecule has 0 radical (unpaired) electrons. The van der Waals surface area contributed by atoms with Crippen LogP contribution in [0.1, 0.15) is 17.5 Å². The summed E-state index contributed by atoms with van der Waals surface area (Å²) in [5, 5.41) is 0. The summed E-state index contributed by atoms with van der Waals surface area (Å²) in [6.45, 7) is 2.98. The molecule has 0 saturated carbocycles. The summed E-state index contributed by atoms with van der Waals surface area (Å²) >= 11 is 4.88. The Morgan fingerprint density at radius 3 is 2.55 bits per heavy atom. The van der Waals surface area contributed by atoms with Crippen molar-refractivity contribution in [2.75, 3.05) is 27.2 Å². The average Bonchev–Trinajstić information content (AvgIpc) is 2.34. The minimum atomic E-state index is -3.48. The fraction of sp³-hybridized carbons (Fsp3) is 0.462. The van der Waals surface area contributed by atoms with Crippen LogP contribution in [0.3, 0.4) is 0 Å². The molecule has 0 heterocycles. The van der Waals surface area contributed by atoms with Crippen LogP contribution >= 0.6 is 12.2 Å². The first-order valence-electron chi connectivity index (χ1n) is 6.29. The maximum absolute atomic E-state index is 12.2. The standard InChI is InChI=1S/C13H21N3O2S2/c1-10-9-11(13(14)19)5-6-12(10)20(17,18)15-7-4-8-16(2)3/h5-6,9,15H,4,7-8H2,1-3H3,(H2,14,19). The van der Waals surface area contributed by atoms with E-state index in [0.29, 0.717) is 17.7 Å². The van der Waals surface area contributed by atoms with E-state index in [1.165, 1.54) is 6.07 Å². The molecule has 1 aromatic carbocycles. The topological polar surface area (TPSA) is 75.4 Å². The molecule has 0 unspecified atom stereocenters. The lowest BCUT2D eigenvalue weighted by atomic mass is 10.1. The number of aryl methyl sites for hydroxylation is 1. The van der Waals surface area contributed by atoms with Crippen LogP contribution in [0.2, 0.25) is 0 Å². The molecule has 112 valence electrons. The fourth-order valence-electron chi connectivity index (χ4n) is 1.78. The van der Waals surface area contributed by atoms with Crippen LogP contribution in [0.4, 0.5) is 0 Å². The van der Waals surface area contributed by atoms with Crippen LogP contribution in [0.25, 0.3) is 0 Å². The van der Waals surface area contributed by atoms with Gasteiger partial charge in [0.15, 0.2) is 0 Å². The molecule has 7 heteroatoms. The van der Waals surface area contributed by atoms with Gasteiger partial charge in [0.05, 0.1) is 4.90 Å². The predicted octanol–water partition coefficient (Wildman–Crippen LogP) is 0.859. The van der Waals surface area contributed by atoms with Gasteiger partial charge >= 0.3 is 0 Å². The van der Waals surface area contributed by atoms with Crippen molar-refractivity contribution in [1.82, 2.24) is 9.62 Å². The largest absolute Gasteiger partial charge is 0.389 e. The van der Waals surface area contributed by atoms with Gasteiger partial charge in [-0.2, -0.15) is 0 Å². The number of hydrogen-bond acceptors (Lipinski definition) is 4. The lowest BCUT2D eigenvalue weighted by Crippen LogP contribution is -2.28. The molecule has 1 rings (SSSR count).